The van der Waals surface area contributed by atoms with Crippen molar-refractivity contribution in [1.82, 2.24) is 10.6 Å². The lowest BCUT2D eigenvalue weighted by atomic mass is 10.2. The number of nitrogens with zero attached hydrogens (tertiary/aromatic N) is 1. The highest BCUT2D eigenvalue weighted by molar-refractivity contribution is 7.91. The van der Waals surface area contributed by atoms with Gasteiger partial charge in [0.1, 0.15) is 11.3 Å². The fraction of sp³-hybridized carbons (Fsp3) is 0.471. The molecule has 1 unspecified atom stereocenters. The van der Waals surface area contributed by atoms with Gasteiger partial charge in [-0.05, 0) is 25.5 Å². The van der Waals surface area contributed by atoms with E-state index in [0.717, 1.165) is 23.3 Å². The van der Waals surface area contributed by atoms with Crippen molar-refractivity contribution in [1.29, 1.82) is 0 Å². The maximum absolute atomic E-state index is 11.6. The van der Waals surface area contributed by atoms with E-state index in [-0.39, 0.29) is 17.5 Å². The summed E-state index contributed by atoms with van der Waals surface area (Å²) in [6, 6.07) is 9.90. The maximum Gasteiger partial charge on any atom is 0.191 e. The van der Waals surface area contributed by atoms with Crippen LogP contribution in [0.25, 0.3) is 11.0 Å². The van der Waals surface area contributed by atoms with Crippen molar-refractivity contribution in [3.63, 3.8) is 0 Å². The lowest BCUT2D eigenvalue weighted by molar-refractivity contribution is 0.549. The normalized spacial score (nSPS) is 20.4. The average molecular weight is 349 g/mol. The largest absolute Gasteiger partial charge is 0.461 e. The number of rotatable bonds is 5. The predicted octanol–water partition coefficient (Wildman–Crippen LogP) is 1.72. The maximum atomic E-state index is 11.6. The van der Waals surface area contributed by atoms with Crippen molar-refractivity contribution in [2.45, 2.75) is 25.8 Å². The third-order valence-electron chi connectivity index (χ3n) is 4.02. The molecule has 1 aromatic carbocycles. The summed E-state index contributed by atoms with van der Waals surface area (Å²) < 4.78 is 28.9. The Labute approximate surface area is 142 Å². The van der Waals surface area contributed by atoms with E-state index < -0.39 is 9.84 Å². The second-order valence-corrected chi connectivity index (χ2v) is 8.23. The van der Waals surface area contributed by atoms with Crippen molar-refractivity contribution in [3.05, 3.63) is 36.1 Å². The summed E-state index contributed by atoms with van der Waals surface area (Å²) in [5, 5.41) is 7.47. The van der Waals surface area contributed by atoms with E-state index in [1.54, 1.807) is 0 Å². The molecule has 1 aliphatic rings. The van der Waals surface area contributed by atoms with Gasteiger partial charge in [0, 0.05) is 30.9 Å². The molecule has 0 amide bonds. The first-order valence-electron chi connectivity index (χ1n) is 8.28. The lowest BCUT2D eigenvalue weighted by Gasteiger charge is -2.15. The van der Waals surface area contributed by atoms with Crippen LogP contribution in [0.2, 0.25) is 0 Å². The molecule has 1 atom stereocenters. The van der Waals surface area contributed by atoms with Crippen LogP contribution in [0.5, 0.6) is 0 Å². The van der Waals surface area contributed by atoms with Crippen LogP contribution < -0.4 is 10.6 Å². The Hall–Kier alpha value is -2.02. The van der Waals surface area contributed by atoms with Gasteiger partial charge in [0.2, 0.25) is 0 Å². The number of para-hydroxylation sites is 1. The molecule has 0 saturated carbocycles. The minimum absolute atomic E-state index is 0.0565. The van der Waals surface area contributed by atoms with Gasteiger partial charge >= 0.3 is 0 Å². The van der Waals surface area contributed by atoms with Crippen LogP contribution in [0.15, 0.2) is 39.7 Å². The van der Waals surface area contributed by atoms with E-state index >= 15 is 0 Å². The van der Waals surface area contributed by atoms with Crippen LogP contribution >= 0.6 is 0 Å². The highest BCUT2D eigenvalue weighted by Crippen LogP contribution is 2.19. The third kappa shape index (κ3) is 4.29. The van der Waals surface area contributed by atoms with Gasteiger partial charge in [-0.25, -0.2) is 8.42 Å². The molecule has 0 bridgehead atoms. The molecule has 2 heterocycles. The number of aliphatic imine (C=N–C) groups is 1. The van der Waals surface area contributed by atoms with Crippen molar-refractivity contribution in [2.75, 3.05) is 24.6 Å². The fourth-order valence-corrected chi connectivity index (χ4v) is 4.53. The molecular weight excluding hydrogens is 326 g/mol. The molecule has 0 radical (unpaired) electrons. The summed E-state index contributed by atoms with van der Waals surface area (Å²) in [6.07, 6.45) is 1.34. The van der Waals surface area contributed by atoms with Crippen LogP contribution in [-0.2, 0) is 16.3 Å². The van der Waals surface area contributed by atoms with Crippen molar-refractivity contribution in [2.24, 2.45) is 4.99 Å². The molecule has 1 aliphatic heterocycles. The fourth-order valence-electron chi connectivity index (χ4n) is 2.86. The number of furan rings is 1. The topological polar surface area (TPSA) is 83.7 Å². The summed E-state index contributed by atoms with van der Waals surface area (Å²) in [6.45, 7) is 3.30. The second kappa shape index (κ2) is 7.25. The van der Waals surface area contributed by atoms with E-state index in [2.05, 4.69) is 15.6 Å². The molecule has 24 heavy (non-hydrogen) atoms. The van der Waals surface area contributed by atoms with Gasteiger partial charge < -0.3 is 15.1 Å². The standard InChI is InChI=1S/C17H23N3O3S/c1-2-18-17(20-14-8-10-24(21,22)12-14)19-9-7-15-11-13-5-3-4-6-16(13)23-15/h3-6,11,14H,2,7-10,12H2,1H3,(H2,18,19,20). The van der Waals surface area contributed by atoms with Gasteiger partial charge in [-0.2, -0.15) is 0 Å². The van der Waals surface area contributed by atoms with Crippen LogP contribution in [0, 0.1) is 0 Å². The van der Waals surface area contributed by atoms with Gasteiger partial charge in [-0.3, -0.25) is 4.99 Å². The molecule has 0 aliphatic carbocycles. The molecule has 0 spiro atoms. The number of sulfone groups is 1. The zero-order valence-electron chi connectivity index (χ0n) is 13.8. The summed E-state index contributed by atoms with van der Waals surface area (Å²) in [4.78, 5) is 4.53. The van der Waals surface area contributed by atoms with Crippen LogP contribution in [0.3, 0.4) is 0 Å². The van der Waals surface area contributed by atoms with E-state index in [0.29, 0.717) is 25.3 Å². The molecule has 3 rings (SSSR count). The molecule has 2 aromatic rings. The first-order chi connectivity index (χ1) is 11.6. The Balaban J connectivity index is 1.59. The highest BCUT2D eigenvalue weighted by Gasteiger charge is 2.28. The van der Waals surface area contributed by atoms with Crippen molar-refractivity contribution >= 4 is 26.8 Å². The Kier molecular flexibility index (Phi) is 5.08. The van der Waals surface area contributed by atoms with Crippen LogP contribution in [0.4, 0.5) is 0 Å². The Morgan fingerprint density at radius 3 is 2.92 bits per heavy atom. The number of fused-ring (bicyclic) bond motifs is 1. The van der Waals surface area contributed by atoms with Gasteiger partial charge in [0.15, 0.2) is 15.8 Å². The molecule has 7 heteroatoms. The first-order valence-corrected chi connectivity index (χ1v) is 10.1. The first kappa shape index (κ1) is 16.8. The molecule has 1 aromatic heterocycles. The minimum Gasteiger partial charge on any atom is -0.461 e. The smallest absolute Gasteiger partial charge is 0.191 e. The molecule has 130 valence electrons. The third-order valence-corrected chi connectivity index (χ3v) is 5.79. The van der Waals surface area contributed by atoms with Crippen LogP contribution in [-0.4, -0.2) is 45.0 Å². The molecule has 1 fully saturated rings. The monoisotopic (exact) mass is 349 g/mol. The Morgan fingerprint density at radius 1 is 1.38 bits per heavy atom. The average Bonchev–Trinajstić information content (AvgIpc) is 3.09. The number of nitrogens with one attached hydrogen (secondary N) is 2. The quantitative estimate of drug-likeness (QED) is 0.634. The van der Waals surface area contributed by atoms with E-state index in [4.69, 9.17) is 4.42 Å². The Bertz CT molecular complexity index is 793. The van der Waals surface area contributed by atoms with E-state index in [1.807, 2.05) is 37.3 Å². The number of guanidine groups is 1. The SMILES string of the molecule is CCNC(=NCCc1cc2ccccc2o1)NC1CCS(=O)(=O)C1. The zero-order chi connectivity index (χ0) is 17.0. The van der Waals surface area contributed by atoms with Crippen LogP contribution in [0.1, 0.15) is 19.1 Å². The number of hydrogen-bond donors (Lipinski definition) is 2. The summed E-state index contributed by atoms with van der Waals surface area (Å²) in [5.41, 5.74) is 0.887. The van der Waals surface area contributed by atoms with Gasteiger partial charge in [-0.1, -0.05) is 18.2 Å². The van der Waals surface area contributed by atoms with Crippen molar-refractivity contribution < 1.29 is 12.8 Å². The molecule has 2 N–H and O–H groups in total. The van der Waals surface area contributed by atoms with Gasteiger partial charge in [0.25, 0.3) is 0 Å². The Morgan fingerprint density at radius 2 is 2.21 bits per heavy atom. The van der Waals surface area contributed by atoms with Gasteiger partial charge in [0.05, 0.1) is 11.5 Å². The lowest BCUT2D eigenvalue weighted by Crippen LogP contribution is -2.44. The van der Waals surface area contributed by atoms with Gasteiger partial charge in [-0.15, -0.1) is 0 Å². The van der Waals surface area contributed by atoms with Crippen molar-refractivity contribution in [3.8, 4) is 0 Å². The highest BCUT2D eigenvalue weighted by atomic mass is 32.2. The number of benzene rings is 1. The van der Waals surface area contributed by atoms with E-state index in [1.165, 1.54) is 0 Å². The second-order valence-electron chi connectivity index (χ2n) is 6.01. The zero-order valence-corrected chi connectivity index (χ0v) is 14.6. The van der Waals surface area contributed by atoms with E-state index in [9.17, 15) is 8.42 Å². The predicted molar refractivity (Wildman–Crippen MR) is 96.1 cm³/mol. The molecule has 6 nitrogen and oxygen atoms in total. The number of hydrogen-bond acceptors (Lipinski definition) is 4. The summed E-state index contributed by atoms with van der Waals surface area (Å²) in [7, 11) is -2.89. The summed E-state index contributed by atoms with van der Waals surface area (Å²) >= 11 is 0. The minimum atomic E-state index is -2.89. The molecule has 1 saturated heterocycles. The summed E-state index contributed by atoms with van der Waals surface area (Å²) in [5.74, 6) is 2.00. The molecular formula is C17H23N3O3S.